The van der Waals surface area contributed by atoms with E-state index in [0.29, 0.717) is 43.7 Å². The van der Waals surface area contributed by atoms with Gasteiger partial charge in [0.15, 0.2) is 0 Å². The first-order valence-electron chi connectivity index (χ1n) is 9.57. The van der Waals surface area contributed by atoms with Gasteiger partial charge in [-0.3, -0.25) is 9.78 Å². The van der Waals surface area contributed by atoms with Crippen molar-refractivity contribution in [3.8, 4) is 0 Å². The van der Waals surface area contributed by atoms with E-state index >= 15 is 0 Å². The van der Waals surface area contributed by atoms with Crippen LogP contribution in [0.1, 0.15) is 25.7 Å². The minimum atomic E-state index is -3.48. The van der Waals surface area contributed by atoms with E-state index in [4.69, 9.17) is 0 Å². The quantitative estimate of drug-likeness (QED) is 0.633. The lowest BCUT2D eigenvalue weighted by Crippen LogP contribution is -2.27. The standard InChI is InChI=1S/C19H22N6O3S/c26-19(21-15-5-3-9-20-14-15)6-4-12-25-18-8-7-16(13-17(18)22-23-25)29(27,28)24-10-1-2-11-24/h3,5,7-9,13-14H,1-2,4,6,10-12H2,(H,21,26). The summed E-state index contributed by atoms with van der Waals surface area (Å²) in [6.07, 6.45) is 5.94. The van der Waals surface area contributed by atoms with Gasteiger partial charge in [-0.1, -0.05) is 5.21 Å². The number of carbonyl (C=O) groups excluding carboxylic acids is 1. The van der Waals surface area contributed by atoms with Crippen LogP contribution in [0.2, 0.25) is 0 Å². The molecular weight excluding hydrogens is 392 g/mol. The fraction of sp³-hybridized carbons (Fsp3) is 0.368. The number of sulfonamides is 1. The molecule has 0 radical (unpaired) electrons. The van der Waals surface area contributed by atoms with Crippen molar-refractivity contribution in [1.82, 2.24) is 24.3 Å². The van der Waals surface area contributed by atoms with Gasteiger partial charge in [-0.25, -0.2) is 13.1 Å². The van der Waals surface area contributed by atoms with Crippen LogP contribution in [0.25, 0.3) is 11.0 Å². The van der Waals surface area contributed by atoms with Gasteiger partial charge in [0.05, 0.1) is 22.3 Å². The van der Waals surface area contributed by atoms with Crippen LogP contribution in [-0.4, -0.2) is 51.7 Å². The van der Waals surface area contributed by atoms with E-state index in [1.54, 1.807) is 47.4 Å². The molecule has 9 nitrogen and oxygen atoms in total. The molecule has 29 heavy (non-hydrogen) atoms. The molecule has 0 saturated carbocycles. The molecule has 0 atom stereocenters. The second-order valence-electron chi connectivity index (χ2n) is 6.97. The number of amides is 1. The van der Waals surface area contributed by atoms with E-state index < -0.39 is 10.0 Å². The lowest BCUT2D eigenvalue weighted by Gasteiger charge is -2.15. The van der Waals surface area contributed by atoms with E-state index in [0.717, 1.165) is 18.4 Å². The van der Waals surface area contributed by atoms with Crippen molar-refractivity contribution in [2.45, 2.75) is 37.1 Å². The van der Waals surface area contributed by atoms with Crippen molar-refractivity contribution in [3.63, 3.8) is 0 Å². The highest BCUT2D eigenvalue weighted by Gasteiger charge is 2.27. The Morgan fingerprint density at radius 2 is 2.00 bits per heavy atom. The Morgan fingerprint density at radius 1 is 1.17 bits per heavy atom. The fourth-order valence-corrected chi connectivity index (χ4v) is 4.94. The number of nitrogens with zero attached hydrogens (tertiary/aromatic N) is 5. The minimum absolute atomic E-state index is 0.0959. The monoisotopic (exact) mass is 414 g/mol. The zero-order chi connectivity index (χ0) is 20.3. The van der Waals surface area contributed by atoms with Crippen LogP contribution in [0.5, 0.6) is 0 Å². The third-order valence-electron chi connectivity index (χ3n) is 4.91. The summed E-state index contributed by atoms with van der Waals surface area (Å²) in [4.78, 5) is 16.2. The molecule has 10 heteroatoms. The number of carbonyl (C=O) groups is 1. The van der Waals surface area contributed by atoms with Crippen molar-refractivity contribution < 1.29 is 13.2 Å². The minimum Gasteiger partial charge on any atom is -0.325 e. The Kier molecular flexibility index (Phi) is 5.54. The summed E-state index contributed by atoms with van der Waals surface area (Å²) in [7, 11) is -3.48. The number of pyridine rings is 1. The summed E-state index contributed by atoms with van der Waals surface area (Å²) in [6, 6.07) is 8.44. The number of rotatable bonds is 7. The molecule has 1 aliphatic rings. The summed E-state index contributed by atoms with van der Waals surface area (Å²) in [6.45, 7) is 1.64. The maximum absolute atomic E-state index is 12.7. The van der Waals surface area contributed by atoms with Gasteiger partial charge in [0.2, 0.25) is 15.9 Å². The zero-order valence-electron chi connectivity index (χ0n) is 15.9. The third-order valence-corrected chi connectivity index (χ3v) is 6.80. The van der Waals surface area contributed by atoms with Gasteiger partial charge < -0.3 is 5.32 Å². The summed E-state index contributed by atoms with van der Waals surface area (Å²) in [5.74, 6) is -0.0959. The average Bonchev–Trinajstić information content (AvgIpc) is 3.39. The highest BCUT2D eigenvalue weighted by Crippen LogP contribution is 2.23. The van der Waals surface area contributed by atoms with Crippen molar-refractivity contribution >= 4 is 32.7 Å². The molecule has 0 unspecified atom stereocenters. The van der Waals surface area contributed by atoms with E-state index in [2.05, 4.69) is 20.6 Å². The van der Waals surface area contributed by atoms with E-state index in [-0.39, 0.29) is 10.8 Å². The first kappa shape index (κ1) is 19.5. The zero-order valence-corrected chi connectivity index (χ0v) is 16.7. The number of hydrogen-bond acceptors (Lipinski definition) is 6. The second-order valence-corrected chi connectivity index (χ2v) is 8.91. The van der Waals surface area contributed by atoms with Gasteiger partial charge in [-0.2, -0.15) is 4.31 Å². The Morgan fingerprint density at radius 3 is 2.76 bits per heavy atom. The molecule has 3 heterocycles. The summed E-state index contributed by atoms with van der Waals surface area (Å²) >= 11 is 0. The molecule has 2 aromatic heterocycles. The molecule has 1 aliphatic heterocycles. The SMILES string of the molecule is O=C(CCCn1nnc2cc(S(=O)(=O)N3CCCC3)ccc21)Nc1cccnc1. The second kappa shape index (κ2) is 8.26. The van der Waals surface area contributed by atoms with Gasteiger partial charge in [0.25, 0.3) is 0 Å². The first-order valence-corrected chi connectivity index (χ1v) is 11.0. The largest absolute Gasteiger partial charge is 0.325 e. The maximum atomic E-state index is 12.7. The molecule has 1 saturated heterocycles. The van der Waals surface area contributed by atoms with Gasteiger partial charge in [0.1, 0.15) is 5.52 Å². The first-order chi connectivity index (χ1) is 14.0. The molecular formula is C19H22N6O3S. The maximum Gasteiger partial charge on any atom is 0.243 e. The van der Waals surface area contributed by atoms with Gasteiger partial charge in [-0.05, 0) is 49.6 Å². The Bertz CT molecular complexity index is 1110. The molecule has 0 aliphatic carbocycles. The Labute approximate surface area is 168 Å². The summed E-state index contributed by atoms with van der Waals surface area (Å²) in [5.41, 5.74) is 1.94. The normalized spacial score (nSPS) is 15.0. The topological polar surface area (TPSA) is 110 Å². The number of aromatic nitrogens is 4. The highest BCUT2D eigenvalue weighted by molar-refractivity contribution is 7.89. The van der Waals surface area contributed by atoms with Crippen molar-refractivity contribution in [2.24, 2.45) is 0 Å². The Balaban J connectivity index is 1.39. The van der Waals surface area contributed by atoms with Crippen LogP contribution in [0, 0.1) is 0 Å². The third kappa shape index (κ3) is 4.28. The van der Waals surface area contributed by atoms with E-state index in [9.17, 15) is 13.2 Å². The predicted octanol–water partition coefficient (Wildman–Crippen LogP) is 2.03. The van der Waals surface area contributed by atoms with Crippen molar-refractivity contribution in [3.05, 3.63) is 42.7 Å². The number of aryl methyl sites for hydroxylation is 1. The van der Waals surface area contributed by atoms with Gasteiger partial charge in [0, 0.05) is 32.3 Å². The van der Waals surface area contributed by atoms with Crippen LogP contribution in [0.15, 0.2) is 47.6 Å². The molecule has 1 amide bonds. The highest BCUT2D eigenvalue weighted by atomic mass is 32.2. The molecule has 1 fully saturated rings. The number of benzene rings is 1. The van der Waals surface area contributed by atoms with Crippen molar-refractivity contribution in [2.75, 3.05) is 18.4 Å². The summed E-state index contributed by atoms with van der Waals surface area (Å²) in [5, 5.41) is 11.0. The molecule has 3 aromatic rings. The number of fused-ring (bicyclic) bond motifs is 1. The smallest absolute Gasteiger partial charge is 0.243 e. The molecule has 0 spiro atoms. The lowest BCUT2D eigenvalue weighted by molar-refractivity contribution is -0.116. The molecule has 152 valence electrons. The van der Waals surface area contributed by atoms with E-state index in [1.807, 2.05) is 0 Å². The van der Waals surface area contributed by atoms with Crippen molar-refractivity contribution in [1.29, 1.82) is 0 Å². The van der Waals surface area contributed by atoms with Gasteiger partial charge >= 0.3 is 0 Å². The molecule has 4 rings (SSSR count). The fourth-order valence-electron chi connectivity index (χ4n) is 3.40. The number of nitrogens with one attached hydrogen (secondary N) is 1. The Hall–Kier alpha value is -2.85. The molecule has 1 aromatic carbocycles. The summed E-state index contributed by atoms with van der Waals surface area (Å²) < 4.78 is 28.6. The van der Waals surface area contributed by atoms with E-state index in [1.165, 1.54) is 4.31 Å². The van der Waals surface area contributed by atoms with Gasteiger partial charge in [-0.15, -0.1) is 5.10 Å². The van der Waals surface area contributed by atoms with Crippen LogP contribution in [0.4, 0.5) is 5.69 Å². The lowest BCUT2D eigenvalue weighted by atomic mass is 10.2. The van der Waals surface area contributed by atoms with Crippen LogP contribution in [0.3, 0.4) is 0 Å². The average molecular weight is 414 g/mol. The van der Waals surface area contributed by atoms with Crippen LogP contribution in [-0.2, 0) is 21.4 Å². The number of hydrogen-bond donors (Lipinski definition) is 1. The predicted molar refractivity (Wildman–Crippen MR) is 108 cm³/mol. The van der Waals surface area contributed by atoms with Crippen LogP contribution < -0.4 is 5.32 Å². The molecule has 0 bridgehead atoms. The van der Waals surface area contributed by atoms with Crippen LogP contribution >= 0.6 is 0 Å². The molecule has 1 N–H and O–H groups in total. The number of anilines is 1.